The van der Waals surface area contributed by atoms with E-state index < -0.39 is 6.04 Å². The van der Waals surface area contributed by atoms with Crippen molar-refractivity contribution in [3.8, 4) is 0 Å². The number of rotatable bonds is 10. The second-order valence-electron chi connectivity index (χ2n) is 9.09. The Kier molecular flexibility index (Phi) is 8.29. The smallest absolute Gasteiger partial charge is 0.243 e. The lowest BCUT2D eigenvalue weighted by molar-refractivity contribution is -0.122. The molecule has 0 radical (unpaired) electrons. The van der Waals surface area contributed by atoms with Crippen molar-refractivity contribution in [1.82, 2.24) is 15.3 Å². The molecule has 0 bridgehead atoms. The van der Waals surface area contributed by atoms with E-state index in [2.05, 4.69) is 64.0 Å². The van der Waals surface area contributed by atoms with Crippen molar-refractivity contribution >= 4 is 17.7 Å². The molecule has 6 heteroatoms. The third-order valence-electron chi connectivity index (χ3n) is 6.06. The summed E-state index contributed by atoms with van der Waals surface area (Å²) in [6.07, 6.45) is 0.537. The number of hydrogen-bond donors (Lipinski definition) is 3. The number of aryl methyl sites for hydroxylation is 3. The molecule has 0 fully saturated rings. The number of carbonyl (C=O) groups is 1. The number of anilines is 2. The molecule has 0 aliphatic heterocycles. The van der Waals surface area contributed by atoms with Crippen LogP contribution in [-0.2, 0) is 24.3 Å². The Balaban J connectivity index is 1.48. The number of amides is 1. The lowest BCUT2D eigenvalue weighted by atomic mass is 10.0. The molecule has 3 aromatic carbocycles. The number of carbonyl (C=O) groups excluding carboxylic acids is 1. The molecule has 0 aliphatic rings. The van der Waals surface area contributed by atoms with E-state index in [1.165, 1.54) is 16.7 Å². The Hall–Kier alpha value is -4.19. The Bertz CT molecular complexity index is 1290. The standard InChI is InChI=1S/C30H33N5O/c1-21-13-15-25(16-14-21)19-31-29(36)27(18-24-10-5-4-6-11-24)34-28-17-23(3)33-30(35-28)32-20-26-12-8-7-9-22(26)2/h4-17,27H,18-20H2,1-3H3,(H,31,36)(H2,32,33,34,35)/t27-/m0/s1. The summed E-state index contributed by atoms with van der Waals surface area (Å²) in [6.45, 7) is 7.16. The third-order valence-corrected chi connectivity index (χ3v) is 6.06. The fourth-order valence-electron chi connectivity index (χ4n) is 3.96. The summed E-state index contributed by atoms with van der Waals surface area (Å²) < 4.78 is 0. The van der Waals surface area contributed by atoms with Gasteiger partial charge in [-0.05, 0) is 43.0 Å². The van der Waals surface area contributed by atoms with Crippen LogP contribution in [0.2, 0.25) is 0 Å². The van der Waals surface area contributed by atoms with E-state index in [0.717, 1.165) is 16.8 Å². The van der Waals surface area contributed by atoms with Gasteiger partial charge in [0.15, 0.2) is 0 Å². The summed E-state index contributed by atoms with van der Waals surface area (Å²) in [5.41, 5.74) is 6.55. The zero-order chi connectivity index (χ0) is 25.3. The van der Waals surface area contributed by atoms with Gasteiger partial charge in [-0.25, -0.2) is 4.98 Å². The molecule has 1 heterocycles. The molecule has 4 aromatic rings. The van der Waals surface area contributed by atoms with Crippen LogP contribution < -0.4 is 16.0 Å². The first-order valence-electron chi connectivity index (χ1n) is 12.2. The highest BCUT2D eigenvalue weighted by molar-refractivity contribution is 5.84. The maximum Gasteiger partial charge on any atom is 0.243 e. The monoisotopic (exact) mass is 479 g/mol. The first-order chi connectivity index (χ1) is 17.5. The van der Waals surface area contributed by atoms with Crippen LogP contribution in [0.25, 0.3) is 0 Å². The molecule has 0 spiro atoms. The van der Waals surface area contributed by atoms with Crippen LogP contribution in [0.15, 0.2) is 84.9 Å². The van der Waals surface area contributed by atoms with Gasteiger partial charge in [-0.1, -0.05) is 84.4 Å². The van der Waals surface area contributed by atoms with E-state index in [-0.39, 0.29) is 5.91 Å². The molecule has 4 rings (SSSR count). The van der Waals surface area contributed by atoms with Crippen molar-refractivity contribution in [2.75, 3.05) is 10.6 Å². The van der Waals surface area contributed by atoms with Crippen LogP contribution in [0.5, 0.6) is 0 Å². The van der Waals surface area contributed by atoms with Gasteiger partial charge >= 0.3 is 0 Å². The fourth-order valence-corrected chi connectivity index (χ4v) is 3.96. The van der Waals surface area contributed by atoms with Gasteiger partial charge in [0.2, 0.25) is 11.9 Å². The molecule has 3 N–H and O–H groups in total. The van der Waals surface area contributed by atoms with E-state index in [9.17, 15) is 4.79 Å². The van der Waals surface area contributed by atoms with Crippen LogP contribution >= 0.6 is 0 Å². The number of benzene rings is 3. The molecule has 0 unspecified atom stereocenters. The summed E-state index contributed by atoms with van der Waals surface area (Å²) >= 11 is 0. The highest BCUT2D eigenvalue weighted by Crippen LogP contribution is 2.15. The minimum absolute atomic E-state index is 0.0786. The Morgan fingerprint density at radius 1 is 0.806 bits per heavy atom. The molecule has 184 valence electrons. The molecule has 6 nitrogen and oxygen atoms in total. The quantitative estimate of drug-likeness (QED) is 0.286. The lowest BCUT2D eigenvalue weighted by Gasteiger charge is -2.20. The van der Waals surface area contributed by atoms with E-state index >= 15 is 0 Å². The topological polar surface area (TPSA) is 78.9 Å². The van der Waals surface area contributed by atoms with Gasteiger partial charge in [0.05, 0.1) is 0 Å². The van der Waals surface area contributed by atoms with E-state index in [1.54, 1.807) is 0 Å². The number of nitrogens with zero attached hydrogens (tertiary/aromatic N) is 2. The Labute approximate surface area is 213 Å². The molecule has 1 atom stereocenters. The van der Waals surface area contributed by atoms with Crippen molar-refractivity contribution < 1.29 is 4.79 Å². The van der Waals surface area contributed by atoms with Crippen molar-refractivity contribution in [3.63, 3.8) is 0 Å². The normalized spacial score (nSPS) is 11.5. The third kappa shape index (κ3) is 7.15. The molecule has 36 heavy (non-hydrogen) atoms. The minimum Gasteiger partial charge on any atom is -0.358 e. The van der Waals surface area contributed by atoms with Crippen LogP contribution in [-0.4, -0.2) is 21.9 Å². The van der Waals surface area contributed by atoms with Gasteiger partial charge < -0.3 is 16.0 Å². The highest BCUT2D eigenvalue weighted by atomic mass is 16.2. The minimum atomic E-state index is -0.489. The Morgan fingerprint density at radius 3 is 2.28 bits per heavy atom. The van der Waals surface area contributed by atoms with Crippen molar-refractivity contribution in [1.29, 1.82) is 0 Å². The second kappa shape index (κ2) is 12.0. The van der Waals surface area contributed by atoms with Gasteiger partial charge in [-0.2, -0.15) is 4.98 Å². The van der Waals surface area contributed by atoms with Crippen molar-refractivity contribution in [2.45, 2.75) is 46.3 Å². The van der Waals surface area contributed by atoms with Gasteiger partial charge in [0.1, 0.15) is 11.9 Å². The first kappa shape index (κ1) is 24.9. The van der Waals surface area contributed by atoms with Crippen LogP contribution in [0.3, 0.4) is 0 Å². The van der Waals surface area contributed by atoms with Gasteiger partial charge in [-0.3, -0.25) is 4.79 Å². The van der Waals surface area contributed by atoms with Crippen LogP contribution in [0.4, 0.5) is 11.8 Å². The maximum absolute atomic E-state index is 13.3. The highest BCUT2D eigenvalue weighted by Gasteiger charge is 2.20. The summed E-state index contributed by atoms with van der Waals surface area (Å²) in [5, 5.41) is 9.76. The lowest BCUT2D eigenvalue weighted by Crippen LogP contribution is -2.41. The van der Waals surface area contributed by atoms with Crippen molar-refractivity contribution in [3.05, 3.63) is 118 Å². The SMILES string of the molecule is Cc1ccc(CNC(=O)[C@H](Cc2ccccc2)Nc2cc(C)nc(NCc3ccccc3C)n2)cc1. The van der Waals surface area contributed by atoms with E-state index in [4.69, 9.17) is 0 Å². The number of nitrogens with one attached hydrogen (secondary N) is 3. The largest absolute Gasteiger partial charge is 0.358 e. The molecular formula is C30H33N5O. The van der Waals surface area contributed by atoms with E-state index in [1.807, 2.05) is 67.6 Å². The zero-order valence-corrected chi connectivity index (χ0v) is 21.1. The Morgan fingerprint density at radius 2 is 1.53 bits per heavy atom. The number of hydrogen-bond acceptors (Lipinski definition) is 5. The molecule has 1 aromatic heterocycles. The summed E-state index contributed by atoms with van der Waals surface area (Å²) in [4.78, 5) is 22.5. The van der Waals surface area contributed by atoms with Gasteiger partial charge in [0.25, 0.3) is 0 Å². The summed E-state index contributed by atoms with van der Waals surface area (Å²) in [7, 11) is 0. The predicted octanol–water partition coefficient (Wildman–Crippen LogP) is 5.35. The molecule has 1 amide bonds. The summed E-state index contributed by atoms with van der Waals surface area (Å²) in [5.74, 6) is 1.06. The molecule has 0 saturated heterocycles. The maximum atomic E-state index is 13.3. The van der Waals surface area contributed by atoms with Crippen LogP contribution in [0.1, 0.15) is 33.5 Å². The molecule has 0 aliphatic carbocycles. The van der Waals surface area contributed by atoms with E-state index in [0.29, 0.717) is 31.3 Å². The van der Waals surface area contributed by atoms with Crippen LogP contribution in [0, 0.1) is 20.8 Å². The van der Waals surface area contributed by atoms with Gasteiger partial charge in [-0.15, -0.1) is 0 Å². The average Bonchev–Trinajstić information content (AvgIpc) is 2.88. The molecule has 0 saturated carbocycles. The van der Waals surface area contributed by atoms with Gasteiger partial charge in [0, 0.05) is 31.3 Å². The summed E-state index contributed by atoms with van der Waals surface area (Å²) in [6, 6.07) is 27.8. The first-order valence-corrected chi connectivity index (χ1v) is 12.2. The number of aromatic nitrogens is 2. The van der Waals surface area contributed by atoms with Crippen molar-refractivity contribution in [2.24, 2.45) is 0 Å². The predicted molar refractivity (Wildman–Crippen MR) is 146 cm³/mol. The molecular weight excluding hydrogens is 446 g/mol. The second-order valence-corrected chi connectivity index (χ2v) is 9.09. The fraction of sp³-hybridized carbons (Fsp3) is 0.233. The average molecular weight is 480 g/mol. The zero-order valence-electron chi connectivity index (χ0n) is 21.1.